The quantitative estimate of drug-likeness (QED) is 0.305. The average Bonchev–Trinajstić information content (AvgIpc) is 2.59. The van der Waals surface area contributed by atoms with Crippen LogP contribution in [0, 0.1) is 6.92 Å². The minimum Gasteiger partial charge on any atom is -0.444 e. The fourth-order valence-electron chi connectivity index (χ4n) is 2.95. The first kappa shape index (κ1) is 22.6. The summed E-state index contributed by atoms with van der Waals surface area (Å²) in [4.78, 5) is 18.4. The van der Waals surface area contributed by atoms with Crippen LogP contribution in [-0.2, 0) is 21.8 Å². The smallest absolute Gasteiger partial charge is 0.444 e. The number of halogens is 1. The second kappa shape index (κ2) is 8.75. The van der Waals surface area contributed by atoms with Crippen LogP contribution in [0.1, 0.15) is 31.9 Å². The van der Waals surface area contributed by atoms with Gasteiger partial charge >= 0.3 is 16.6 Å². The van der Waals surface area contributed by atoms with Gasteiger partial charge in [0.25, 0.3) is 0 Å². The first-order valence-corrected chi connectivity index (χ1v) is 10.2. The molecular formula is C17H24FN5O5S. The minimum atomic E-state index is -5.20. The molecule has 0 radical (unpaired) electrons. The molecule has 0 saturated carbocycles. The summed E-state index contributed by atoms with van der Waals surface area (Å²) in [5.74, 6) is -0.217. The Morgan fingerprint density at radius 3 is 2.41 bits per heavy atom. The van der Waals surface area contributed by atoms with Gasteiger partial charge in [0.2, 0.25) is 0 Å². The lowest BCUT2D eigenvalue weighted by Gasteiger charge is -2.37. The molecule has 1 aromatic carbocycles. The van der Waals surface area contributed by atoms with Gasteiger partial charge in [-0.2, -0.15) is 8.42 Å². The number of anilines is 1. The van der Waals surface area contributed by atoms with Crippen molar-refractivity contribution in [1.82, 2.24) is 4.90 Å². The zero-order valence-electron chi connectivity index (χ0n) is 16.8. The zero-order valence-corrected chi connectivity index (χ0v) is 17.6. The molecule has 0 spiro atoms. The van der Waals surface area contributed by atoms with Gasteiger partial charge in [-0.15, -0.1) is 0 Å². The zero-order chi connectivity index (χ0) is 21.8. The predicted octanol–water partition coefficient (Wildman–Crippen LogP) is 3.46. The van der Waals surface area contributed by atoms with Gasteiger partial charge in [0, 0.05) is 42.8 Å². The average molecular weight is 429 g/mol. The number of carbonyl (C=O) groups is 1. The maximum Gasteiger partial charge on any atom is 0.488 e. The van der Waals surface area contributed by atoms with Crippen LogP contribution in [0.15, 0.2) is 17.2 Å². The Balaban J connectivity index is 2.24. The molecule has 0 aliphatic carbocycles. The third kappa shape index (κ3) is 6.68. The van der Waals surface area contributed by atoms with Gasteiger partial charge in [-0.1, -0.05) is 9.00 Å². The third-order valence-corrected chi connectivity index (χ3v) is 4.62. The van der Waals surface area contributed by atoms with Crippen LogP contribution >= 0.6 is 0 Å². The first-order chi connectivity index (χ1) is 13.4. The number of hydrogen-bond acceptors (Lipinski definition) is 7. The third-order valence-electron chi connectivity index (χ3n) is 4.23. The van der Waals surface area contributed by atoms with Crippen molar-refractivity contribution in [3.05, 3.63) is 33.7 Å². The monoisotopic (exact) mass is 429 g/mol. The number of carbonyl (C=O) groups excluding carboxylic acids is 1. The van der Waals surface area contributed by atoms with E-state index < -0.39 is 22.2 Å². The van der Waals surface area contributed by atoms with Gasteiger partial charge in [-0.05, 0) is 50.4 Å². The first-order valence-electron chi connectivity index (χ1n) is 8.91. The second-order valence-corrected chi connectivity index (χ2v) is 8.50. The summed E-state index contributed by atoms with van der Waals surface area (Å²) >= 11 is 0. The Bertz CT molecular complexity index is 917. The van der Waals surface area contributed by atoms with Crippen LogP contribution < -0.4 is 9.08 Å². The highest BCUT2D eigenvalue weighted by Gasteiger charge is 2.27. The summed E-state index contributed by atoms with van der Waals surface area (Å²) in [6, 6.07) is 2.73. The normalized spacial score (nSPS) is 14.9. The minimum absolute atomic E-state index is 0.0449. The van der Waals surface area contributed by atoms with Crippen LogP contribution in [0.5, 0.6) is 5.75 Å². The van der Waals surface area contributed by atoms with E-state index in [0.29, 0.717) is 37.4 Å². The molecule has 0 aromatic heterocycles. The molecule has 1 aliphatic heterocycles. The van der Waals surface area contributed by atoms with E-state index in [9.17, 15) is 17.1 Å². The van der Waals surface area contributed by atoms with E-state index in [1.165, 1.54) is 12.1 Å². The van der Waals surface area contributed by atoms with Gasteiger partial charge in [0.1, 0.15) is 11.4 Å². The van der Waals surface area contributed by atoms with Crippen molar-refractivity contribution in [2.45, 2.75) is 39.8 Å². The Morgan fingerprint density at radius 2 is 1.90 bits per heavy atom. The number of ether oxygens (including phenoxy) is 1. The molecule has 1 aliphatic rings. The number of benzene rings is 1. The highest BCUT2D eigenvalue weighted by molar-refractivity contribution is 7.81. The summed E-state index contributed by atoms with van der Waals surface area (Å²) < 4.78 is 44.5. The molecule has 0 bridgehead atoms. The standard InChI is InChI=1S/C17H24FN5O5S/c1-12-13(11-20-21-19)9-14(28-29(18,25)26)10-15(12)22-5-7-23(8-6-22)16(24)27-17(2,3)4/h9-10H,5-8,11H2,1-4H3. The molecule has 160 valence electrons. The van der Waals surface area contributed by atoms with Crippen molar-refractivity contribution < 1.29 is 26.0 Å². The van der Waals surface area contributed by atoms with Gasteiger partial charge in [-0.25, -0.2) is 4.79 Å². The molecule has 1 fully saturated rings. The largest absolute Gasteiger partial charge is 0.488 e. The Kier molecular flexibility index (Phi) is 6.81. The lowest BCUT2D eigenvalue weighted by molar-refractivity contribution is 0.0240. The summed E-state index contributed by atoms with van der Waals surface area (Å²) in [7, 11) is -5.20. The fourth-order valence-corrected chi connectivity index (χ4v) is 3.28. The summed E-state index contributed by atoms with van der Waals surface area (Å²) in [5.41, 5.74) is 9.83. The molecule has 0 N–H and O–H groups in total. The lowest BCUT2D eigenvalue weighted by Crippen LogP contribution is -2.50. The molecule has 29 heavy (non-hydrogen) atoms. The molecular weight excluding hydrogens is 405 g/mol. The van der Waals surface area contributed by atoms with Crippen molar-refractivity contribution in [3.63, 3.8) is 0 Å². The number of amides is 1. The van der Waals surface area contributed by atoms with E-state index in [0.717, 1.165) is 5.56 Å². The Morgan fingerprint density at radius 1 is 1.28 bits per heavy atom. The van der Waals surface area contributed by atoms with E-state index in [1.54, 1.807) is 32.6 Å². The lowest BCUT2D eigenvalue weighted by atomic mass is 10.0. The Hall–Kier alpha value is -2.72. The maximum atomic E-state index is 13.0. The number of piperazine rings is 1. The molecule has 1 amide bonds. The van der Waals surface area contributed by atoms with Crippen molar-refractivity contribution in [2.24, 2.45) is 5.11 Å². The SMILES string of the molecule is Cc1c(CN=[N+]=[N-])cc(OS(=O)(=O)F)cc1N1CCN(C(=O)OC(C)(C)C)CC1. The molecule has 12 heteroatoms. The highest BCUT2D eigenvalue weighted by atomic mass is 32.3. The van der Waals surface area contributed by atoms with Gasteiger partial charge in [-0.3, -0.25) is 0 Å². The summed E-state index contributed by atoms with van der Waals surface area (Å²) in [6.45, 7) is 8.81. The van der Waals surface area contributed by atoms with Crippen LogP contribution in [0.2, 0.25) is 0 Å². The summed E-state index contributed by atoms with van der Waals surface area (Å²) in [6.07, 6.45) is -0.404. The Labute approximate surface area is 169 Å². The van der Waals surface area contributed by atoms with Crippen LogP contribution in [-0.4, -0.2) is 51.2 Å². The number of hydrogen-bond donors (Lipinski definition) is 0. The van der Waals surface area contributed by atoms with Gasteiger partial charge in [0.05, 0.1) is 6.54 Å². The van der Waals surface area contributed by atoms with E-state index in [2.05, 4.69) is 14.2 Å². The van der Waals surface area contributed by atoms with Crippen LogP contribution in [0.25, 0.3) is 10.4 Å². The van der Waals surface area contributed by atoms with E-state index in [-0.39, 0.29) is 12.3 Å². The van der Waals surface area contributed by atoms with Crippen molar-refractivity contribution in [3.8, 4) is 5.75 Å². The number of rotatable bonds is 5. The second-order valence-electron chi connectivity index (χ2n) is 7.55. The molecule has 1 saturated heterocycles. The number of azide groups is 1. The van der Waals surface area contributed by atoms with E-state index in [4.69, 9.17) is 10.3 Å². The molecule has 1 heterocycles. The fraction of sp³-hybridized carbons (Fsp3) is 0.588. The van der Waals surface area contributed by atoms with Crippen LogP contribution in [0.4, 0.5) is 14.4 Å². The predicted molar refractivity (Wildman–Crippen MR) is 105 cm³/mol. The molecule has 0 atom stereocenters. The van der Waals surface area contributed by atoms with Gasteiger partial charge in [0.15, 0.2) is 0 Å². The summed E-state index contributed by atoms with van der Waals surface area (Å²) in [5, 5.41) is 3.49. The number of nitrogens with zero attached hydrogens (tertiary/aromatic N) is 5. The van der Waals surface area contributed by atoms with Crippen molar-refractivity contribution in [1.29, 1.82) is 0 Å². The van der Waals surface area contributed by atoms with Crippen LogP contribution in [0.3, 0.4) is 0 Å². The molecule has 2 rings (SSSR count). The van der Waals surface area contributed by atoms with E-state index in [1.807, 2.05) is 4.90 Å². The molecule has 0 unspecified atom stereocenters. The molecule has 1 aromatic rings. The maximum absolute atomic E-state index is 13.0. The van der Waals surface area contributed by atoms with Crippen molar-refractivity contribution >= 4 is 22.3 Å². The molecule has 10 nitrogen and oxygen atoms in total. The van der Waals surface area contributed by atoms with Gasteiger partial charge < -0.3 is 18.7 Å². The highest BCUT2D eigenvalue weighted by Crippen LogP contribution is 2.31. The van der Waals surface area contributed by atoms with Crippen molar-refractivity contribution in [2.75, 3.05) is 31.1 Å². The van der Waals surface area contributed by atoms with E-state index >= 15 is 0 Å². The topological polar surface area (TPSA) is 125 Å².